The molecule has 1 aliphatic carbocycles. The molecule has 4 rings (SSSR count). The molecule has 0 unspecified atom stereocenters. The monoisotopic (exact) mass is 370 g/mol. The number of aryl methyl sites for hydroxylation is 1. The van der Waals surface area contributed by atoms with E-state index in [9.17, 15) is 14.0 Å². The quantitative estimate of drug-likeness (QED) is 0.771. The molecule has 0 bridgehead atoms. The Balaban J connectivity index is 1.66. The maximum Gasteiger partial charge on any atom is 0.291 e. The fourth-order valence-corrected chi connectivity index (χ4v) is 4.12. The molecule has 0 spiro atoms. The van der Waals surface area contributed by atoms with Crippen molar-refractivity contribution < 1.29 is 9.18 Å². The summed E-state index contributed by atoms with van der Waals surface area (Å²) >= 11 is 0. The van der Waals surface area contributed by atoms with Crippen LogP contribution in [0.25, 0.3) is 16.4 Å². The fraction of sp³-hybridized carbons (Fsp3) is 0.450. The van der Waals surface area contributed by atoms with Crippen molar-refractivity contribution in [1.82, 2.24) is 19.5 Å². The number of nitrogens with one attached hydrogen (secondary N) is 1. The number of aromatic nitrogens is 3. The zero-order valence-electron chi connectivity index (χ0n) is 15.5. The van der Waals surface area contributed by atoms with E-state index in [0.717, 1.165) is 24.8 Å². The van der Waals surface area contributed by atoms with Gasteiger partial charge in [0.25, 0.3) is 5.56 Å². The van der Waals surface area contributed by atoms with Crippen molar-refractivity contribution in [3.8, 4) is 0 Å². The minimum absolute atomic E-state index is 0.116. The molecule has 142 valence electrons. The number of fused-ring (bicyclic) bond motifs is 3. The van der Waals surface area contributed by atoms with Crippen LogP contribution in [0.15, 0.2) is 29.1 Å². The summed E-state index contributed by atoms with van der Waals surface area (Å²) in [5, 5.41) is 8.00. The zero-order valence-corrected chi connectivity index (χ0v) is 15.5. The van der Waals surface area contributed by atoms with Crippen molar-refractivity contribution >= 4 is 22.3 Å². The summed E-state index contributed by atoms with van der Waals surface area (Å²) in [5.41, 5.74) is 0.757. The molecule has 1 saturated carbocycles. The number of nitrogens with zero attached hydrogens (tertiary/aromatic N) is 3. The average molecular weight is 370 g/mol. The lowest BCUT2D eigenvalue weighted by molar-refractivity contribution is -0.123. The molecule has 1 fully saturated rings. The third-order valence-electron chi connectivity index (χ3n) is 5.56. The van der Waals surface area contributed by atoms with E-state index in [-0.39, 0.29) is 29.9 Å². The van der Waals surface area contributed by atoms with Gasteiger partial charge in [-0.05, 0) is 49.9 Å². The Bertz CT molecular complexity index is 1080. The van der Waals surface area contributed by atoms with Crippen molar-refractivity contribution in [3.05, 3.63) is 46.3 Å². The molecule has 1 aliphatic rings. The van der Waals surface area contributed by atoms with E-state index in [1.54, 1.807) is 23.5 Å². The first-order chi connectivity index (χ1) is 12.9. The molecule has 1 aromatic carbocycles. The van der Waals surface area contributed by atoms with E-state index in [4.69, 9.17) is 0 Å². The van der Waals surface area contributed by atoms with E-state index in [1.807, 2.05) is 0 Å². The largest absolute Gasteiger partial charge is 0.351 e. The molecule has 6 nitrogen and oxygen atoms in total. The minimum atomic E-state index is -0.357. The van der Waals surface area contributed by atoms with Crippen LogP contribution in [-0.4, -0.2) is 26.1 Å². The lowest BCUT2D eigenvalue weighted by Gasteiger charge is -2.29. The molecule has 0 saturated heterocycles. The average Bonchev–Trinajstić information content (AvgIpc) is 3.00. The van der Waals surface area contributed by atoms with Gasteiger partial charge in [0.1, 0.15) is 23.7 Å². The van der Waals surface area contributed by atoms with Crippen LogP contribution >= 0.6 is 0 Å². The third kappa shape index (κ3) is 3.22. The van der Waals surface area contributed by atoms with Gasteiger partial charge < -0.3 is 5.32 Å². The fourth-order valence-electron chi connectivity index (χ4n) is 4.12. The molecule has 0 aliphatic heterocycles. The number of hydrogen-bond acceptors (Lipinski definition) is 3. The van der Waals surface area contributed by atoms with Gasteiger partial charge in [0.05, 0.1) is 5.52 Å². The van der Waals surface area contributed by atoms with Gasteiger partial charge in [-0.15, -0.1) is 0 Å². The molecule has 2 aromatic heterocycles. The van der Waals surface area contributed by atoms with Gasteiger partial charge in [0, 0.05) is 11.4 Å². The van der Waals surface area contributed by atoms with Crippen molar-refractivity contribution in [2.45, 2.75) is 52.1 Å². The highest BCUT2D eigenvalue weighted by atomic mass is 19.1. The summed E-state index contributed by atoms with van der Waals surface area (Å²) in [5.74, 6) is 0.465. The topological polar surface area (TPSA) is 68.4 Å². The Morgan fingerprint density at radius 2 is 2.04 bits per heavy atom. The van der Waals surface area contributed by atoms with Crippen molar-refractivity contribution in [1.29, 1.82) is 0 Å². The highest BCUT2D eigenvalue weighted by Crippen LogP contribution is 2.23. The molecular formula is C20H23FN4O2. The second-order valence-electron chi connectivity index (χ2n) is 7.51. The Kier molecular flexibility index (Phi) is 4.45. The van der Waals surface area contributed by atoms with Crippen LogP contribution in [0, 0.1) is 18.7 Å². The molecule has 7 heteroatoms. The normalized spacial score (nSPS) is 20.3. The first kappa shape index (κ1) is 17.7. The molecule has 27 heavy (non-hydrogen) atoms. The Hall–Kier alpha value is -2.70. The minimum Gasteiger partial charge on any atom is -0.351 e. The van der Waals surface area contributed by atoms with E-state index < -0.39 is 0 Å². The van der Waals surface area contributed by atoms with Gasteiger partial charge in [-0.3, -0.25) is 14.0 Å². The Morgan fingerprint density at radius 1 is 1.26 bits per heavy atom. The van der Waals surface area contributed by atoms with Crippen molar-refractivity contribution in [2.24, 2.45) is 5.92 Å². The summed E-state index contributed by atoms with van der Waals surface area (Å²) in [6.45, 7) is 3.80. The molecule has 2 atom stereocenters. The summed E-state index contributed by atoms with van der Waals surface area (Å²) < 4.78 is 16.4. The third-order valence-corrected chi connectivity index (χ3v) is 5.56. The number of halogens is 1. The van der Waals surface area contributed by atoms with Crippen LogP contribution in [0.5, 0.6) is 0 Å². The molecule has 2 heterocycles. The van der Waals surface area contributed by atoms with E-state index >= 15 is 0 Å². The Morgan fingerprint density at radius 3 is 2.81 bits per heavy atom. The van der Waals surface area contributed by atoms with Crippen LogP contribution in [-0.2, 0) is 11.3 Å². The molecule has 0 radical (unpaired) electrons. The van der Waals surface area contributed by atoms with Crippen LogP contribution in [0.4, 0.5) is 4.39 Å². The van der Waals surface area contributed by atoms with Crippen LogP contribution in [0.3, 0.4) is 0 Å². The molecule has 3 aromatic rings. The lowest BCUT2D eigenvalue weighted by Crippen LogP contribution is -2.44. The number of amides is 1. The van der Waals surface area contributed by atoms with E-state index in [2.05, 4.69) is 17.3 Å². The van der Waals surface area contributed by atoms with E-state index in [1.165, 1.54) is 23.2 Å². The van der Waals surface area contributed by atoms with Gasteiger partial charge in [0.15, 0.2) is 0 Å². The summed E-state index contributed by atoms with van der Waals surface area (Å²) in [7, 11) is 0. The van der Waals surface area contributed by atoms with Gasteiger partial charge in [-0.1, -0.05) is 19.8 Å². The van der Waals surface area contributed by atoms with Crippen LogP contribution in [0.1, 0.15) is 38.4 Å². The standard InChI is InChI=1S/C20H23FN4O2/c1-12-5-3-4-6-16(12)22-19(26)11-24-20(27)18-10-14-9-15(21)7-8-17(14)25(18)13(2)23-24/h7-10,12,16H,3-6,11H2,1-2H3,(H,22,26)/t12-,16-/m0/s1. The van der Waals surface area contributed by atoms with Gasteiger partial charge in [-0.25, -0.2) is 9.07 Å². The second kappa shape index (κ2) is 6.79. The first-order valence-electron chi connectivity index (χ1n) is 9.42. The summed E-state index contributed by atoms with van der Waals surface area (Å²) in [6.07, 6.45) is 4.41. The number of carbonyl (C=O) groups is 1. The number of rotatable bonds is 3. The van der Waals surface area contributed by atoms with Crippen LogP contribution in [0.2, 0.25) is 0 Å². The highest BCUT2D eigenvalue weighted by molar-refractivity contribution is 5.87. The zero-order chi connectivity index (χ0) is 19.1. The molecule has 1 amide bonds. The molecular weight excluding hydrogens is 347 g/mol. The van der Waals surface area contributed by atoms with Crippen molar-refractivity contribution in [3.63, 3.8) is 0 Å². The van der Waals surface area contributed by atoms with Crippen LogP contribution < -0.4 is 10.9 Å². The summed E-state index contributed by atoms with van der Waals surface area (Å²) in [4.78, 5) is 25.3. The second-order valence-corrected chi connectivity index (χ2v) is 7.51. The van der Waals surface area contributed by atoms with Gasteiger partial charge >= 0.3 is 0 Å². The Labute approximate surface area is 156 Å². The smallest absolute Gasteiger partial charge is 0.291 e. The lowest BCUT2D eigenvalue weighted by atomic mass is 9.86. The number of benzene rings is 1. The highest BCUT2D eigenvalue weighted by Gasteiger charge is 2.23. The SMILES string of the molecule is Cc1nn(CC(=O)N[C@H]2CCCC[C@@H]2C)c(=O)c2cc3cc(F)ccc3n12. The predicted octanol–water partition coefficient (Wildman–Crippen LogP) is 2.79. The van der Waals surface area contributed by atoms with E-state index in [0.29, 0.717) is 22.6 Å². The molecule has 1 N–H and O–H groups in total. The number of hydrogen-bond donors (Lipinski definition) is 1. The maximum atomic E-state index is 13.5. The van der Waals surface area contributed by atoms with Crippen molar-refractivity contribution in [2.75, 3.05) is 0 Å². The summed E-state index contributed by atoms with van der Waals surface area (Å²) in [6, 6.07) is 6.19. The maximum absolute atomic E-state index is 13.5. The van der Waals surface area contributed by atoms with Gasteiger partial charge in [-0.2, -0.15) is 5.10 Å². The number of carbonyl (C=O) groups excluding carboxylic acids is 1. The first-order valence-corrected chi connectivity index (χ1v) is 9.42. The van der Waals surface area contributed by atoms with Gasteiger partial charge in [0.2, 0.25) is 5.91 Å². The predicted molar refractivity (Wildman–Crippen MR) is 101 cm³/mol.